The van der Waals surface area contributed by atoms with E-state index in [1.807, 2.05) is 0 Å². The van der Waals surface area contributed by atoms with Crippen LogP contribution < -0.4 is 0 Å². The lowest BCUT2D eigenvalue weighted by Gasteiger charge is -1.97. The van der Waals surface area contributed by atoms with Crippen LogP contribution in [0.25, 0.3) is 0 Å². The van der Waals surface area contributed by atoms with Crippen molar-refractivity contribution in [3.8, 4) is 0 Å². The first-order valence-electron chi connectivity index (χ1n) is 4.26. The maximum Gasteiger partial charge on any atom is 0.331 e. The summed E-state index contributed by atoms with van der Waals surface area (Å²) in [5.74, 6) is -1.30. The number of carbonyl (C=O) groups excluding carboxylic acids is 3. The molecule has 0 unspecified atom stereocenters. The van der Waals surface area contributed by atoms with E-state index in [9.17, 15) is 14.4 Å². The largest absolute Gasteiger partial charge is 0.463 e. The van der Waals surface area contributed by atoms with Gasteiger partial charge >= 0.3 is 11.9 Å². The van der Waals surface area contributed by atoms with Crippen molar-refractivity contribution >= 4 is 18.0 Å². The molecule has 6 nitrogen and oxygen atoms in total. The minimum Gasteiger partial charge on any atom is -0.463 e. The molecule has 0 aromatic rings. The maximum atomic E-state index is 10.9. The molecule has 0 heterocycles. The van der Waals surface area contributed by atoms with E-state index >= 15 is 0 Å². The Morgan fingerprint density at radius 3 is 2.40 bits per heavy atom. The maximum absolute atomic E-state index is 10.9. The number of hydrogen-bond donors (Lipinski definition) is 0. The number of esters is 2. The summed E-state index contributed by atoms with van der Waals surface area (Å²) in [6, 6.07) is 0. The smallest absolute Gasteiger partial charge is 0.331 e. The Kier molecular flexibility index (Phi) is 7.53. The van der Waals surface area contributed by atoms with Gasteiger partial charge in [-0.3, -0.25) is 0 Å². The van der Waals surface area contributed by atoms with Crippen molar-refractivity contribution in [2.45, 2.75) is 6.92 Å². The molecule has 0 rings (SSSR count). The third-order valence-electron chi connectivity index (χ3n) is 1.15. The third-order valence-corrected chi connectivity index (χ3v) is 1.15. The van der Waals surface area contributed by atoms with Crippen LogP contribution in [0.3, 0.4) is 0 Å². The molecule has 0 amide bonds. The Bertz CT molecular complexity index is 291. The minimum atomic E-state index is -0.691. The predicted molar refractivity (Wildman–Crippen MR) is 49.7 cm³/mol. The van der Waals surface area contributed by atoms with Crippen molar-refractivity contribution in [3.63, 3.8) is 0 Å². The molecule has 15 heavy (non-hydrogen) atoms. The zero-order valence-electron chi connectivity index (χ0n) is 8.26. The molecule has 0 N–H and O–H groups in total. The van der Waals surface area contributed by atoms with Gasteiger partial charge in [0.2, 0.25) is 6.08 Å². The SMILES string of the molecule is CCOC(=O)/C=C/C(=O)OCCN=C=O. The van der Waals surface area contributed by atoms with E-state index in [1.54, 1.807) is 6.92 Å². The van der Waals surface area contributed by atoms with E-state index in [-0.39, 0.29) is 19.8 Å². The average molecular weight is 213 g/mol. The van der Waals surface area contributed by atoms with Crippen molar-refractivity contribution in [3.05, 3.63) is 12.2 Å². The molecule has 0 spiro atoms. The highest BCUT2D eigenvalue weighted by atomic mass is 16.5. The Hall–Kier alpha value is -1.94. The summed E-state index contributed by atoms with van der Waals surface area (Å²) in [4.78, 5) is 34.4. The van der Waals surface area contributed by atoms with Gasteiger partial charge in [-0.1, -0.05) is 0 Å². The average Bonchev–Trinajstić information content (AvgIpc) is 2.22. The van der Waals surface area contributed by atoms with Gasteiger partial charge in [-0.15, -0.1) is 0 Å². The van der Waals surface area contributed by atoms with E-state index in [1.165, 1.54) is 6.08 Å². The van der Waals surface area contributed by atoms with Crippen molar-refractivity contribution in [2.24, 2.45) is 4.99 Å². The highest BCUT2D eigenvalue weighted by Crippen LogP contribution is 1.85. The molecule has 0 aromatic heterocycles. The minimum absolute atomic E-state index is 0.0265. The number of rotatable bonds is 6. The Labute approximate surface area is 86.6 Å². The molecule has 82 valence electrons. The topological polar surface area (TPSA) is 82.0 Å². The fourth-order valence-corrected chi connectivity index (χ4v) is 0.612. The van der Waals surface area contributed by atoms with Crippen LogP contribution in [0, 0.1) is 0 Å². The molecule has 0 aliphatic rings. The standard InChI is InChI=1S/C9H11NO5/c1-2-14-8(12)3-4-9(13)15-6-5-10-7-11/h3-4H,2,5-6H2,1H3/b4-3+. The van der Waals surface area contributed by atoms with Crippen LogP contribution in [0.5, 0.6) is 0 Å². The Balaban J connectivity index is 3.72. The molecule has 0 aliphatic heterocycles. The van der Waals surface area contributed by atoms with Gasteiger partial charge in [0.1, 0.15) is 6.61 Å². The zero-order chi connectivity index (χ0) is 11.5. The summed E-state index contributed by atoms with van der Waals surface area (Å²) in [6.45, 7) is 1.93. The highest BCUT2D eigenvalue weighted by Gasteiger charge is 1.99. The molecule has 0 saturated heterocycles. The van der Waals surface area contributed by atoms with E-state index < -0.39 is 11.9 Å². The Morgan fingerprint density at radius 2 is 1.87 bits per heavy atom. The normalized spacial score (nSPS) is 9.40. The van der Waals surface area contributed by atoms with E-state index in [0.29, 0.717) is 0 Å². The van der Waals surface area contributed by atoms with E-state index in [4.69, 9.17) is 0 Å². The summed E-state index contributed by atoms with van der Waals surface area (Å²) in [5, 5.41) is 0. The fraction of sp³-hybridized carbons (Fsp3) is 0.444. The predicted octanol–water partition coefficient (Wildman–Crippen LogP) is -0.0153. The van der Waals surface area contributed by atoms with Crippen LogP contribution in [0.1, 0.15) is 6.92 Å². The summed E-state index contributed by atoms with van der Waals surface area (Å²) in [6.07, 6.45) is 3.21. The highest BCUT2D eigenvalue weighted by molar-refractivity contribution is 5.91. The first kappa shape index (κ1) is 13.1. The van der Waals surface area contributed by atoms with Crippen LogP contribution in [0.4, 0.5) is 0 Å². The molecular weight excluding hydrogens is 202 g/mol. The molecule has 0 aliphatic carbocycles. The molecule has 0 atom stereocenters. The molecule has 0 fully saturated rings. The van der Waals surface area contributed by atoms with Crippen LogP contribution in [-0.2, 0) is 23.9 Å². The van der Waals surface area contributed by atoms with Crippen molar-refractivity contribution in [1.82, 2.24) is 0 Å². The lowest BCUT2D eigenvalue weighted by atomic mass is 10.5. The molecule has 0 radical (unpaired) electrons. The number of isocyanates is 1. The van der Waals surface area contributed by atoms with Crippen molar-refractivity contribution in [1.29, 1.82) is 0 Å². The second-order valence-corrected chi connectivity index (χ2v) is 2.23. The van der Waals surface area contributed by atoms with Gasteiger partial charge in [0.05, 0.1) is 13.2 Å². The summed E-state index contributed by atoms with van der Waals surface area (Å²) in [7, 11) is 0. The van der Waals surface area contributed by atoms with Crippen LogP contribution in [0.15, 0.2) is 17.1 Å². The lowest BCUT2D eigenvalue weighted by molar-refractivity contribution is -0.140. The number of hydrogen-bond acceptors (Lipinski definition) is 6. The second-order valence-electron chi connectivity index (χ2n) is 2.23. The number of carbonyl (C=O) groups is 2. The summed E-state index contributed by atoms with van der Waals surface area (Å²) < 4.78 is 9.10. The van der Waals surface area contributed by atoms with Gasteiger partial charge < -0.3 is 9.47 Å². The van der Waals surface area contributed by atoms with Crippen molar-refractivity contribution in [2.75, 3.05) is 19.8 Å². The molecular formula is C9H11NO5. The van der Waals surface area contributed by atoms with Crippen LogP contribution >= 0.6 is 0 Å². The van der Waals surface area contributed by atoms with Gasteiger partial charge in [0, 0.05) is 12.2 Å². The van der Waals surface area contributed by atoms with Gasteiger partial charge in [0.15, 0.2) is 0 Å². The van der Waals surface area contributed by atoms with Crippen LogP contribution in [-0.4, -0.2) is 37.8 Å². The van der Waals surface area contributed by atoms with E-state index in [0.717, 1.165) is 12.2 Å². The lowest BCUT2D eigenvalue weighted by Crippen LogP contribution is -2.06. The fourth-order valence-electron chi connectivity index (χ4n) is 0.612. The Morgan fingerprint density at radius 1 is 1.27 bits per heavy atom. The molecule has 0 bridgehead atoms. The van der Waals surface area contributed by atoms with E-state index in [2.05, 4.69) is 14.5 Å². The first-order valence-corrected chi connectivity index (χ1v) is 4.26. The quantitative estimate of drug-likeness (QED) is 0.204. The van der Waals surface area contributed by atoms with Crippen molar-refractivity contribution < 1.29 is 23.9 Å². The molecule has 0 saturated carbocycles. The molecule has 6 heteroatoms. The molecule has 0 aromatic carbocycles. The van der Waals surface area contributed by atoms with Gasteiger partial charge in [-0.2, -0.15) is 0 Å². The van der Waals surface area contributed by atoms with Gasteiger partial charge in [0.25, 0.3) is 0 Å². The third kappa shape index (κ3) is 8.39. The summed E-state index contributed by atoms with van der Waals surface area (Å²) in [5.41, 5.74) is 0. The van der Waals surface area contributed by atoms with Gasteiger partial charge in [-0.05, 0) is 6.92 Å². The number of ether oxygens (including phenoxy) is 2. The second kappa shape index (κ2) is 8.65. The first-order chi connectivity index (χ1) is 7.20. The van der Waals surface area contributed by atoms with Gasteiger partial charge in [-0.25, -0.2) is 19.4 Å². The zero-order valence-corrected chi connectivity index (χ0v) is 8.26. The number of nitrogens with zero attached hydrogens (tertiary/aromatic N) is 1. The summed E-state index contributed by atoms with van der Waals surface area (Å²) >= 11 is 0. The monoisotopic (exact) mass is 213 g/mol. The number of aliphatic imine (C=N–C) groups is 1. The van der Waals surface area contributed by atoms with Crippen LogP contribution in [0.2, 0.25) is 0 Å².